The lowest BCUT2D eigenvalue weighted by molar-refractivity contribution is 0.794. The van der Waals surface area contributed by atoms with Gasteiger partial charge in [-0.25, -0.2) is 9.98 Å². The van der Waals surface area contributed by atoms with Crippen molar-refractivity contribution in [3.63, 3.8) is 0 Å². The highest BCUT2D eigenvalue weighted by molar-refractivity contribution is 6.18. The number of nitrogens with zero attached hydrogens (tertiary/aromatic N) is 2. The molecular formula is C60H40N2. The molecule has 0 atom stereocenters. The van der Waals surface area contributed by atoms with Crippen molar-refractivity contribution >= 4 is 17.2 Å². The van der Waals surface area contributed by atoms with E-state index in [1.807, 2.05) is 0 Å². The summed E-state index contributed by atoms with van der Waals surface area (Å²) in [6.07, 6.45) is 2.88. The monoisotopic (exact) mass is 788 g/mol. The summed E-state index contributed by atoms with van der Waals surface area (Å²) in [6.45, 7) is 0. The van der Waals surface area contributed by atoms with Crippen molar-refractivity contribution in [2.45, 2.75) is 11.8 Å². The Bertz CT molecular complexity index is 3250. The fourth-order valence-electron chi connectivity index (χ4n) is 10.4. The van der Waals surface area contributed by atoms with Crippen LogP contribution in [0, 0.1) is 0 Å². The smallest absolute Gasteiger partial charge is 0.160 e. The van der Waals surface area contributed by atoms with Crippen LogP contribution >= 0.6 is 0 Å². The second-order valence-electron chi connectivity index (χ2n) is 16.3. The van der Waals surface area contributed by atoms with Crippen molar-refractivity contribution in [3.05, 3.63) is 269 Å². The Labute approximate surface area is 362 Å². The van der Waals surface area contributed by atoms with Crippen LogP contribution in [0.4, 0.5) is 0 Å². The highest BCUT2D eigenvalue weighted by atomic mass is 14.9. The average molecular weight is 789 g/mol. The Hall–Kier alpha value is -7.94. The third kappa shape index (κ3) is 5.57. The van der Waals surface area contributed by atoms with Crippen molar-refractivity contribution in [1.82, 2.24) is 0 Å². The summed E-state index contributed by atoms with van der Waals surface area (Å²) in [5.74, 6) is 0.701. The first-order valence-corrected chi connectivity index (χ1v) is 21.5. The van der Waals surface area contributed by atoms with Crippen LogP contribution in [0.25, 0.3) is 61.3 Å². The van der Waals surface area contributed by atoms with E-state index in [0.717, 1.165) is 39.2 Å². The highest BCUT2D eigenvalue weighted by Crippen LogP contribution is 2.64. The van der Waals surface area contributed by atoms with E-state index in [1.165, 1.54) is 66.8 Å². The number of hydrogen-bond acceptors (Lipinski definition) is 2. The summed E-state index contributed by atoms with van der Waals surface area (Å²) in [4.78, 5) is 10.9. The topological polar surface area (TPSA) is 24.7 Å². The van der Waals surface area contributed by atoms with E-state index >= 15 is 0 Å². The average Bonchev–Trinajstić information content (AvgIpc) is 3.70. The summed E-state index contributed by atoms with van der Waals surface area (Å²) in [5, 5.41) is 0. The molecule has 0 saturated heterocycles. The van der Waals surface area contributed by atoms with Gasteiger partial charge in [0.05, 0.1) is 16.8 Å². The molecule has 9 aromatic carbocycles. The maximum absolute atomic E-state index is 5.48. The van der Waals surface area contributed by atoms with Crippen LogP contribution < -0.4 is 0 Å². The van der Waals surface area contributed by atoms with Crippen LogP contribution in [0.2, 0.25) is 0 Å². The van der Waals surface area contributed by atoms with Crippen molar-refractivity contribution in [2.75, 3.05) is 0 Å². The minimum absolute atomic E-state index is 0.415. The molecule has 0 saturated carbocycles. The number of fused-ring (bicyclic) bond motifs is 10. The summed E-state index contributed by atoms with van der Waals surface area (Å²) < 4.78 is 0. The first kappa shape index (κ1) is 36.0. The lowest BCUT2D eigenvalue weighted by Gasteiger charge is -2.30. The van der Waals surface area contributed by atoms with Crippen LogP contribution in [-0.4, -0.2) is 11.5 Å². The number of allylic oxidation sites excluding steroid dienone is 1. The van der Waals surface area contributed by atoms with E-state index in [4.69, 9.17) is 9.98 Å². The number of aliphatic imine (C=N–C) groups is 2. The maximum atomic E-state index is 5.48. The van der Waals surface area contributed by atoms with E-state index in [9.17, 15) is 0 Å². The van der Waals surface area contributed by atoms with Crippen molar-refractivity contribution in [2.24, 2.45) is 9.98 Å². The molecule has 2 heteroatoms. The molecule has 0 amide bonds. The van der Waals surface area contributed by atoms with E-state index in [0.29, 0.717) is 12.3 Å². The zero-order chi connectivity index (χ0) is 41.0. The molecule has 2 aliphatic carbocycles. The molecule has 0 bridgehead atoms. The lowest BCUT2D eigenvalue weighted by atomic mass is 9.70. The third-order valence-corrected chi connectivity index (χ3v) is 13.0. The minimum Gasteiger partial charge on any atom is -0.232 e. The van der Waals surface area contributed by atoms with Crippen LogP contribution in [0.1, 0.15) is 45.4 Å². The minimum atomic E-state index is -0.415. The second kappa shape index (κ2) is 14.7. The zero-order valence-corrected chi connectivity index (χ0v) is 34.0. The normalized spacial score (nSPS) is 14.2. The molecule has 0 aromatic heterocycles. The fourth-order valence-corrected chi connectivity index (χ4v) is 10.4. The molecule has 1 aliphatic heterocycles. The predicted octanol–water partition coefficient (Wildman–Crippen LogP) is 14.7. The molecular weight excluding hydrogens is 749 g/mol. The van der Waals surface area contributed by atoms with Gasteiger partial charge in [0.15, 0.2) is 5.84 Å². The SMILES string of the molecule is C1=C(c2ccccc2)N=C(c2ccccc2-c2ccccc2-c2cccc3c2-c2ccccc2C32c3ccccc3-c3ccccc32)N=C(c2ccc(-c3ccccc3)cc2)C1. The molecule has 3 aliphatic rings. The standard InChI is InChI=1S/C60H40N2/c1-3-18-40(19-4-1)41-34-36-43(37-35-41)57-39-38-56(42-20-5-2-6-21-42)61-59(62-57)50-27-10-9-24-46(50)44-22-7-8-23-45(44)49-29-17-33-55-58(49)51-28-13-16-32-54(51)60(55)52-30-14-11-25-47(52)48-26-12-15-31-53(48)60/h1-38H,39H2. The largest absolute Gasteiger partial charge is 0.232 e. The summed E-state index contributed by atoms with van der Waals surface area (Å²) in [5.41, 5.74) is 22.2. The Morgan fingerprint density at radius 2 is 0.710 bits per heavy atom. The molecule has 0 radical (unpaired) electrons. The van der Waals surface area contributed by atoms with Gasteiger partial charge in [-0.1, -0.05) is 231 Å². The molecule has 12 rings (SSSR count). The first-order chi connectivity index (χ1) is 30.8. The van der Waals surface area contributed by atoms with Crippen molar-refractivity contribution < 1.29 is 0 Å². The van der Waals surface area contributed by atoms with Gasteiger partial charge in [-0.15, -0.1) is 0 Å². The summed E-state index contributed by atoms with van der Waals surface area (Å²) >= 11 is 0. The molecule has 2 nitrogen and oxygen atoms in total. The molecule has 290 valence electrons. The van der Waals surface area contributed by atoms with Crippen LogP contribution in [0.3, 0.4) is 0 Å². The number of amidine groups is 1. The van der Waals surface area contributed by atoms with Gasteiger partial charge in [0.1, 0.15) is 0 Å². The third-order valence-electron chi connectivity index (χ3n) is 13.0. The van der Waals surface area contributed by atoms with Gasteiger partial charge < -0.3 is 0 Å². The van der Waals surface area contributed by atoms with E-state index < -0.39 is 5.41 Å². The first-order valence-electron chi connectivity index (χ1n) is 21.5. The van der Waals surface area contributed by atoms with Gasteiger partial charge in [-0.2, -0.15) is 0 Å². The maximum Gasteiger partial charge on any atom is 0.160 e. The second-order valence-corrected chi connectivity index (χ2v) is 16.3. The Kier molecular flexibility index (Phi) is 8.50. The highest BCUT2D eigenvalue weighted by Gasteiger charge is 2.52. The van der Waals surface area contributed by atoms with E-state index in [1.54, 1.807) is 0 Å². The fraction of sp³-hybridized carbons (Fsp3) is 0.0333. The van der Waals surface area contributed by atoms with Crippen LogP contribution in [-0.2, 0) is 5.41 Å². The molecule has 1 spiro atoms. The molecule has 0 unspecified atom stereocenters. The van der Waals surface area contributed by atoms with Gasteiger partial charge in [0.2, 0.25) is 0 Å². The predicted molar refractivity (Wildman–Crippen MR) is 258 cm³/mol. The number of rotatable bonds is 6. The Morgan fingerprint density at radius 3 is 1.34 bits per heavy atom. The van der Waals surface area contributed by atoms with Gasteiger partial charge in [0.25, 0.3) is 0 Å². The zero-order valence-electron chi connectivity index (χ0n) is 34.0. The van der Waals surface area contributed by atoms with Gasteiger partial charge in [0, 0.05) is 12.0 Å². The van der Waals surface area contributed by atoms with Crippen molar-refractivity contribution in [3.8, 4) is 55.6 Å². The summed E-state index contributed by atoms with van der Waals surface area (Å²) in [7, 11) is 0. The van der Waals surface area contributed by atoms with Crippen LogP contribution in [0.15, 0.2) is 241 Å². The quantitative estimate of drug-likeness (QED) is 0.160. The number of benzene rings is 9. The van der Waals surface area contributed by atoms with E-state index in [2.05, 4.69) is 231 Å². The lowest BCUT2D eigenvalue weighted by Crippen LogP contribution is -2.25. The van der Waals surface area contributed by atoms with Gasteiger partial charge in [-0.05, 0) is 89.0 Å². The number of hydrogen-bond donors (Lipinski definition) is 0. The molecule has 9 aromatic rings. The van der Waals surface area contributed by atoms with Crippen molar-refractivity contribution in [1.29, 1.82) is 0 Å². The van der Waals surface area contributed by atoms with Gasteiger partial charge in [-0.3, -0.25) is 0 Å². The Morgan fingerprint density at radius 1 is 0.290 bits per heavy atom. The van der Waals surface area contributed by atoms with E-state index in [-0.39, 0.29) is 0 Å². The Balaban J connectivity index is 1.04. The summed E-state index contributed by atoms with van der Waals surface area (Å²) in [6, 6.07) is 81.4. The van der Waals surface area contributed by atoms with Gasteiger partial charge >= 0.3 is 0 Å². The van der Waals surface area contributed by atoms with Crippen LogP contribution in [0.5, 0.6) is 0 Å². The molecule has 1 heterocycles. The molecule has 62 heavy (non-hydrogen) atoms. The molecule has 0 N–H and O–H groups in total. The molecule has 0 fully saturated rings.